The lowest BCUT2D eigenvalue weighted by atomic mass is 9.70. The second-order valence-electron chi connectivity index (χ2n) is 11.0. The number of nitrogens with one attached hydrogen (secondary N) is 1. The summed E-state index contributed by atoms with van der Waals surface area (Å²) in [7, 11) is 11.8. The topological polar surface area (TPSA) is 67.2 Å². The number of hydrogen-bond donors (Lipinski definition) is 2. The Labute approximate surface area is 223 Å². The molecular weight excluding hydrogens is 463 g/mol. The minimum atomic E-state index is -0.730. The van der Waals surface area contributed by atoms with Crippen molar-refractivity contribution in [2.75, 3.05) is 0 Å². The standard InChI is InChI=1S/C29H38B2FN3O2/c1-18(7-6-8-19(2)17-25(36)33-22-12-10-21(32)11-13-22)9-14-23-20(3)24(15-16-29(23,4)5)35-27(37)26(30)34-28(35)31/h6-9,14,17,21-22,24,37H,10-13,15-16H2,1-5H3,(H,33,36)/b8-6+,14-9+,18-7+,19-17+. The first-order valence-electron chi connectivity index (χ1n) is 13.1. The summed E-state index contributed by atoms with van der Waals surface area (Å²) >= 11 is 0. The second kappa shape index (κ2) is 12.2. The van der Waals surface area contributed by atoms with E-state index in [0.717, 1.165) is 29.6 Å². The number of allylic oxidation sites excluding steroid dienone is 9. The van der Waals surface area contributed by atoms with Gasteiger partial charge in [-0.25, -0.2) is 4.39 Å². The maximum Gasteiger partial charge on any atom is 0.244 e. The monoisotopic (exact) mass is 501 g/mol. The molecule has 0 saturated heterocycles. The Morgan fingerprint density at radius 3 is 2.43 bits per heavy atom. The lowest BCUT2D eigenvalue weighted by Gasteiger charge is -2.38. The van der Waals surface area contributed by atoms with E-state index in [1.807, 2.05) is 32.1 Å². The van der Waals surface area contributed by atoms with E-state index in [1.165, 1.54) is 5.57 Å². The molecule has 1 amide bonds. The normalized spacial score (nSPS) is 25.3. The van der Waals surface area contributed by atoms with Gasteiger partial charge in [-0.3, -0.25) is 9.78 Å². The van der Waals surface area contributed by atoms with Gasteiger partial charge in [0.25, 0.3) is 0 Å². The number of rotatable bonds is 7. The second-order valence-corrected chi connectivity index (χ2v) is 11.0. The van der Waals surface area contributed by atoms with Crippen molar-refractivity contribution in [2.24, 2.45) is 5.41 Å². The fourth-order valence-electron chi connectivity index (χ4n) is 5.33. The zero-order valence-electron chi connectivity index (χ0n) is 22.7. The van der Waals surface area contributed by atoms with E-state index in [9.17, 15) is 14.3 Å². The van der Waals surface area contributed by atoms with Crippen LogP contribution in [-0.2, 0) is 4.79 Å². The minimum Gasteiger partial charge on any atom is -0.494 e. The van der Waals surface area contributed by atoms with E-state index in [1.54, 1.807) is 10.6 Å². The van der Waals surface area contributed by atoms with E-state index >= 15 is 0 Å². The van der Waals surface area contributed by atoms with Crippen molar-refractivity contribution >= 4 is 32.9 Å². The fourth-order valence-corrected chi connectivity index (χ4v) is 5.33. The van der Waals surface area contributed by atoms with Crippen LogP contribution in [0.2, 0.25) is 0 Å². The van der Waals surface area contributed by atoms with Gasteiger partial charge in [-0.15, -0.1) is 0 Å². The van der Waals surface area contributed by atoms with Crippen LogP contribution in [0.5, 0.6) is 5.88 Å². The number of aromatic nitrogens is 2. The third-order valence-corrected chi connectivity index (χ3v) is 7.54. The molecule has 2 aliphatic carbocycles. The van der Waals surface area contributed by atoms with E-state index in [-0.39, 0.29) is 40.6 Å². The number of amides is 1. The van der Waals surface area contributed by atoms with Crippen LogP contribution in [0.25, 0.3) is 0 Å². The van der Waals surface area contributed by atoms with Crippen molar-refractivity contribution in [1.82, 2.24) is 14.9 Å². The molecular formula is C29H38B2FN3O2. The van der Waals surface area contributed by atoms with E-state index in [2.05, 4.69) is 43.2 Å². The molecule has 1 atom stereocenters. The highest BCUT2D eigenvalue weighted by Crippen LogP contribution is 2.45. The molecule has 194 valence electrons. The van der Waals surface area contributed by atoms with Gasteiger partial charge in [0.2, 0.25) is 11.8 Å². The molecule has 0 bridgehead atoms. The van der Waals surface area contributed by atoms with Crippen molar-refractivity contribution < 1.29 is 14.3 Å². The largest absolute Gasteiger partial charge is 0.494 e. The number of alkyl halides is 1. The third-order valence-electron chi connectivity index (χ3n) is 7.54. The number of carbonyl (C=O) groups excluding carboxylic acids is 1. The molecule has 0 aliphatic heterocycles. The van der Waals surface area contributed by atoms with Gasteiger partial charge in [0.1, 0.15) is 14.0 Å². The molecule has 37 heavy (non-hydrogen) atoms. The van der Waals surface area contributed by atoms with Crippen molar-refractivity contribution in [3.05, 3.63) is 58.7 Å². The minimum absolute atomic E-state index is 0.0279. The highest BCUT2D eigenvalue weighted by molar-refractivity contribution is 6.36. The molecule has 0 spiro atoms. The van der Waals surface area contributed by atoms with Gasteiger partial charge < -0.3 is 15.0 Å². The van der Waals surface area contributed by atoms with Crippen molar-refractivity contribution in [3.63, 3.8) is 0 Å². The Kier molecular flexibility index (Phi) is 9.49. The van der Waals surface area contributed by atoms with Gasteiger partial charge >= 0.3 is 0 Å². The number of imidazole rings is 1. The molecule has 0 aromatic carbocycles. The van der Waals surface area contributed by atoms with Crippen LogP contribution in [0.4, 0.5) is 4.39 Å². The molecule has 1 aromatic rings. The number of nitrogens with zero attached hydrogens (tertiary/aromatic N) is 2. The summed E-state index contributed by atoms with van der Waals surface area (Å²) in [4.78, 5) is 16.3. The molecule has 1 fully saturated rings. The molecule has 4 radical (unpaired) electrons. The molecule has 1 unspecified atom stereocenters. The SMILES string of the molecule is [B]c1nc([B])n(C2CCC(C)(C)C(/C=C/C(C)=C/C=C/C(C)=C/C(=O)NC3CCC(F)CC3)=C2C)c1O. The van der Waals surface area contributed by atoms with Crippen molar-refractivity contribution in [1.29, 1.82) is 0 Å². The molecule has 3 rings (SSSR count). The van der Waals surface area contributed by atoms with Gasteiger partial charge in [-0.1, -0.05) is 49.8 Å². The van der Waals surface area contributed by atoms with Gasteiger partial charge in [0.05, 0.1) is 11.8 Å². The fraction of sp³-hybridized carbons (Fsp3) is 0.517. The summed E-state index contributed by atoms with van der Waals surface area (Å²) in [6, 6.07) is -0.0413. The quantitative estimate of drug-likeness (QED) is 0.334. The summed E-state index contributed by atoms with van der Waals surface area (Å²) in [6.45, 7) is 10.4. The van der Waals surface area contributed by atoms with Gasteiger partial charge in [0, 0.05) is 17.7 Å². The Hall–Kier alpha value is -2.76. The van der Waals surface area contributed by atoms with Crippen LogP contribution in [0.1, 0.15) is 79.2 Å². The zero-order valence-corrected chi connectivity index (χ0v) is 22.7. The number of aromatic hydroxyl groups is 1. The number of halogens is 1. The third kappa shape index (κ3) is 7.39. The Bertz CT molecular complexity index is 1150. The van der Waals surface area contributed by atoms with E-state index in [0.29, 0.717) is 25.7 Å². The summed E-state index contributed by atoms with van der Waals surface area (Å²) in [6.07, 6.45) is 15.1. The van der Waals surface area contributed by atoms with Gasteiger partial charge in [-0.05, 0) is 81.4 Å². The molecule has 8 heteroatoms. The molecule has 1 aromatic heterocycles. The van der Waals surface area contributed by atoms with Crippen LogP contribution in [0, 0.1) is 5.41 Å². The molecule has 2 N–H and O–H groups in total. The Morgan fingerprint density at radius 1 is 1.14 bits per heavy atom. The maximum atomic E-state index is 13.3. The van der Waals surface area contributed by atoms with Gasteiger partial charge in [0.15, 0.2) is 7.85 Å². The summed E-state index contributed by atoms with van der Waals surface area (Å²) in [5.74, 6) is -0.219. The average Bonchev–Trinajstić information content (AvgIpc) is 3.06. The maximum absolute atomic E-state index is 13.3. The summed E-state index contributed by atoms with van der Waals surface area (Å²) < 4.78 is 14.9. The average molecular weight is 501 g/mol. The summed E-state index contributed by atoms with van der Waals surface area (Å²) in [5, 5.41) is 13.4. The highest BCUT2D eigenvalue weighted by Gasteiger charge is 2.34. The van der Waals surface area contributed by atoms with Crippen molar-refractivity contribution in [2.45, 2.75) is 91.4 Å². The number of hydrogen-bond acceptors (Lipinski definition) is 3. The van der Waals surface area contributed by atoms with E-state index in [4.69, 9.17) is 15.7 Å². The smallest absolute Gasteiger partial charge is 0.244 e. The zero-order chi connectivity index (χ0) is 27.3. The molecule has 2 aliphatic rings. The van der Waals surface area contributed by atoms with Crippen LogP contribution < -0.4 is 16.6 Å². The highest BCUT2D eigenvalue weighted by atomic mass is 19.1. The van der Waals surface area contributed by atoms with Crippen LogP contribution in [0.3, 0.4) is 0 Å². The Balaban J connectivity index is 1.68. The van der Waals surface area contributed by atoms with Crippen LogP contribution in [0.15, 0.2) is 58.7 Å². The lowest BCUT2D eigenvalue weighted by molar-refractivity contribution is -0.117. The summed E-state index contributed by atoms with van der Waals surface area (Å²) in [5.41, 5.74) is 4.46. The lowest BCUT2D eigenvalue weighted by Crippen LogP contribution is -2.37. The van der Waals surface area contributed by atoms with Crippen LogP contribution in [-0.4, -0.2) is 48.5 Å². The first-order valence-corrected chi connectivity index (χ1v) is 13.1. The first-order chi connectivity index (χ1) is 17.4. The number of carbonyl (C=O) groups is 1. The molecule has 1 heterocycles. The van der Waals surface area contributed by atoms with Crippen LogP contribution >= 0.6 is 0 Å². The van der Waals surface area contributed by atoms with E-state index < -0.39 is 6.17 Å². The Morgan fingerprint density at radius 2 is 1.81 bits per heavy atom. The van der Waals surface area contributed by atoms with Gasteiger partial charge in [-0.2, -0.15) is 0 Å². The predicted molar refractivity (Wildman–Crippen MR) is 151 cm³/mol. The molecule has 5 nitrogen and oxygen atoms in total. The predicted octanol–water partition coefficient (Wildman–Crippen LogP) is 4.26. The first kappa shape index (κ1) is 28.8. The molecule has 1 saturated carbocycles. The van der Waals surface area contributed by atoms with Crippen molar-refractivity contribution in [3.8, 4) is 5.88 Å².